The summed E-state index contributed by atoms with van der Waals surface area (Å²) < 4.78 is 19.4. The number of aromatic nitrogens is 2. The van der Waals surface area contributed by atoms with Crippen LogP contribution in [0.2, 0.25) is 0 Å². The Hall–Kier alpha value is -2.70. The second-order valence-corrected chi connectivity index (χ2v) is 6.00. The summed E-state index contributed by atoms with van der Waals surface area (Å²) in [4.78, 5) is 20.8. The highest BCUT2D eigenvalue weighted by molar-refractivity contribution is 5.65. The Balaban J connectivity index is 1.93. The third-order valence-electron chi connectivity index (χ3n) is 4.04. The van der Waals surface area contributed by atoms with Crippen molar-refractivity contribution in [2.45, 2.75) is 32.7 Å². The van der Waals surface area contributed by atoms with E-state index in [2.05, 4.69) is 9.97 Å². The van der Waals surface area contributed by atoms with Gasteiger partial charge in [-0.05, 0) is 30.5 Å². The summed E-state index contributed by atoms with van der Waals surface area (Å²) >= 11 is 0. The van der Waals surface area contributed by atoms with E-state index >= 15 is 0 Å². The van der Waals surface area contributed by atoms with Gasteiger partial charge in [0.1, 0.15) is 17.9 Å². The molecule has 1 amide bonds. The Morgan fingerprint density at radius 3 is 2.88 bits per heavy atom. The maximum absolute atomic E-state index is 13.5. The monoisotopic (exact) mass is 331 g/mol. The fraction of sp³-hybridized carbons (Fsp3) is 0.353. The number of hydrogen-bond donors (Lipinski definition) is 1. The van der Waals surface area contributed by atoms with Crippen LogP contribution in [0.5, 0.6) is 11.6 Å². The van der Waals surface area contributed by atoms with Crippen LogP contribution >= 0.6 is 0 Å². The van der Waals surface area contributed by atoms with Crippen molar-refractivity contribution >= 4 is 6.09 Å². The maximum atomic E-state index is 13.5. The minimum absolute atomic E-state index is 0.0934. The molecule has 0 saturated heterocycles. The molecule has 0 radical (unpaired) electrons. The van der Waals surface area contributed by atoms with Crippen LogP contribution < -0.4 is 4.74 Å². The lowest BCUT2D eigenvalue weighted by atomic mass is 10.0. The topological polar surface area (TPSA) is 75.6 Å². The Morgan fingerprint density at radius 1 is 1.38 bits per heavy atom. The molecule has 1 N–H and O–H groups in total. The SMILES string of the molecule is CC(C)c1cc(F)ccc1Oc1ncnc2c1CCN(C(=O)O)C2. The van der Waals surface area contributed by atoms with Gasteiger partial charge in [0, 0.05) is 17.7 Å². The van der Waals surface area contributed by atoms with Crippen LogP contribution in [0.3, 0.4) is 0 Å². The van der Waals surface area contributed by atoms with Crippen LogP contribution in [0, 0.1) is 5.82 Å². The molecule has 1 aliphatic heterocycles. The smallest absolute Gasteiger partial charge is 0.407 e. The van der Waals surface area contributed by atoms with Gasteiger partial charge in [-0.3, -0.25) is 0 Å². The molecule has 0 saturated carbocycles. The Bertz CT molecular complexity index is 780. The lowest BCUT2D eigenvalue weighted by Gasteiger charge is -2.26. The Labute approximate surface area is 138 Å². The molecule has 2 heterocycles. The highest BCUT2D eigenvalue weighted by Crippen LogP contribution is 2.33. The molecule has 0 atom stereocenters. The number of amides is 1. The molecule has 1 aliphatic rings. The molecule has 0 spiro atoms. The number of carboxylic acid groups (broad SMARTS) is 1. The van der Waals surface area contributed by atoms with Crippen LogP contribution in [0.4, 0.5) is 9.18 Å². The fourth-order valence-corrected chi connectivity index (χ4v) is 2.74. The van der Waals surface area contributed by atoms with E-state index in [4.69, 9.17) is 9.84 Å². The molecule has 0 aliphatic carbocycles. The third kappa shape index (κ3) is 3.15. The minimum atomic E-state index is -0.970. The van der Waals surface area contributed by atoms with Crippen molar-refractivity contribution < 1.29 is 19.0 Å². The molecule has 24 heavy (non-hydrogen) atoms. The molecular weight excluding hydrogens is 313 g/mol. The number of halogens is 1. The van der Waals surface area contributed by atoms with Gasteiger partial charge in [0.25, 0.3) is 0 Å². The third-order valence-corrected chi connectivity index (χ3v) is 4.04. The summed E-state index contributed by atoms with van der Waals surface area (Å²) in [6, 6.07) is 4.40. The quantitative estimate of drug-likeness (QED) is 0.930. The average molecular weight is 331 g/mol. The average Bonchev–Trinajstić information content (AvgIpc) is 2.56. The normalized spacial score (nSPS) is 13.8. The molecule has 0 fully saturated rings. The number of ether oxygens (including phenoxy) is 1. The lowest BCUT2D eigenvalue weighted by Crippen LogP contribution is -2.35. The summed E-state index contributed by atoms with van der Waals surface area (Å²) in [5.74, 6) is 0.732. The van der Waals surface area contributed by atoms with Gasteiger partial charge in [-0.2, -0.15) is 0 Å². The number of rotatable bonds is 3. The number of fused-ring (bicyclic) bond motifs is 1. The van der Waals surface area contributed by atoms with Crippen molar-refractivity contribution in [3.8, 4) is 11.6 Å². The second-order valence-electron chi connectivity index (χ2n) is 6.00. The van der Waals surface area contributed by atoms with Gasteiger partial charge in [-0.25, -0.2) is 19.2 Å². The summed E-state index contributed by atoms with van der Waals surface area (Å²) in [6.07, 6.45) is 0.871. The van der Waals surface area contributed by atoms with Crippen molar-refractivity contribution in [2.75, 3.05) is 6.54 Å². The number of nitrogens with zero attached hydrogens (tertiary/aromatic N) is 3. The largest absolute Gasteiger partial charge is 0.465 e. The Kier molecular flexibility index (Phi) is 4.33. The number of carbonyl (C=O) groups is 1. The van der Waals surface area contributed by atoms with Crippen molar-refractivity contribution in [2.24, 2.45) is 0 Å². The van der Waals surface area contributed by atoms with Crippen molar-refractivity contribution in [1.29, 1.82) is 0 Å². The Morgan fingerprint density at radius 2 is 2.17 bits per heavy atom. The first kappa shape index (κ1) is 16.2. The zero-order valence-electron chi connectivity index (χ0n) is 13.5. The standard InChI is InChI=1S/C17H18FN3O3/c1-10(2)13-7-11(18)3-4-15(13)24-16-12-5-6-21(17(22)23)8-14(12)19-9-20-16/h3-4,7,9-10H,5-6,8H2,1-2H3,(H,22,23). The maximum Gasteiger partial charge on any atom is 0.407 e. The molecule has 7 heteroatoms. The molecule has 1 aromatic heterocycles. The minimum Gasteiger partial charge on any atom is -0.465 e. The number of benzene rings is 1. The van der Waals surface area contributed by atoms with Crippen LogP contribution in [-0.2, 0) is 13.0 Å². The number of hydrogen-bond acceptors (Lipinski definition) is 4. The summed E-state index contributed by atoms with van der Waals surface area (Å²) in [5, 5.41) is 9.11. The molecule has 126 valence electrons. The van der Waals surface area contributed by atoms with Crippen molar-refractivity contribution in [3.63, 3.8) is 0 Å². The van der Waals surface area contributed by atoms with Crippen LogP contribution in [-0.4, -0.2) is 32.6 Å². The fourth-order valence-electron chi connectivity index (χ4n) is 2.74. The van der Waals surface area contributed by atoms with Crippen LogP contribution in [0.15, 0.2) is 24.5 Å². The van der Waals surface area contributed by atoms with E-state index in [1.165, 1.54) is 23.4 Å². The summed E-state index contributed by atoms with van der Waals surface area (Å²) in [7, 11) is 0. The zero-order chi connectivity index (χ0) is 17.3. The van der Waals surface area contributed by atoms with Gasteiger partial charge in [0.15, 0.2) is 0 Å². The predicted octanol–water partition coefficient (Wildman–Crippen LogP) is 3.57. The van der Waals surface area contributed by atoms with Crippen molar-refractivity contribution in [3.05, 3.63) is 47.2 Å². The molecule has 0 unspecified atom stereocenters. The van der Waals surface area contributed by atoms with Gasteiger partial charge >= 0.3 is 6.09 Å². The first-order valence-electron chi connectivity index (χ1n) is 7.73. The van der Waals surface area contributed by atoms with Gasteiger partial charge in [0.2, 0.25) is 5.88 Å². The lowest BCUT2D eigenvalue weighted by molar-refractivity contribution is 0.138. The first-order valence-corrected chi connectivity index (χ1v) is 7.73. The molecule has 6 nitrogen and oxygen atoms in total. The van der Waals surface area contributed by atoms with Crippen LogP contribution in [0.25, 0.3) is 0 Å². The van der Waals surface area contributed by atoms with Gasteiger partial charge in [-0.1, -0.05) is 13.8 Å². The van der Waals surface area contributed by atoms with E-state index in [1.807, 2.05) is 13.8 Å². The van der Waals surface area contributed by atoms with Gasteiger partial charge in [-0.15, -0.1) is 0 Å². The second kappa shape index (κ2) is 6.43. The van der Waals surface area contributed by atoms with Gasteiger partial charge < -0.3 is 14.7 Å². The molecule has 2 aromatic rings. The first-order chi connectivity index (χ1) is 11.5. The molecule has 0 bridgehead atoms. The summed E-state index contributed by atoms with van der Waals surface area (Å²) in [6.45, 7) is 4.50. The molecule has 1 aromatic carbocycles. The van der Waals surface area contributed by atoms with E-state index in [0.717, 1.165) is 11.1 Å². The van der Waals surface area contributed by atoms with Crippen molar-refractivity contribution in [1.82, 2.24) is 14.9 Å². The summed E-state index contributed by atoms with van der Waals surface area (Å²) in [5.41, 5.74) is 2.20. The van der Waals surface area contributed by atoms with Gasteiger partial charge in [0.05, 0.1) is 12.2 Å². The van der Waals surface area contributed by atoms with E-state index in [1.54, 1.807) is 6.07 Å². The van der Waals surface area contributed by atoms with Crippen LogP contribution in [0.1, 0.15) is 36.6 Å². The molecule has 3 rings (SSSR count). The van der Waals surface area contributed by atoms with E-state index in [9.17, 15) is 9.18 Å². The highest BCUT2D eigenvalue weighted by Gasteiger charge is 2.25. The van der Waals surface area contributed by atoms with E-state index in [0.29, 0.717) is 30.3 Å². The van der Waals surface area contributed by atoms with E-state index < -0.39 is 6.09 Å². The predicted molar refractivity (Wildman–Crippen MR) is 84.7 cm³/mol. The van der Waals surface area contributed by atoms with E-state index in [-0.39, 0.29) is 18.3 Å². The zero-order valence-corrected chi connectivity index (χ0v) is 13.5. The molecular formula is C17H18FN3O3. The highest BCUT2D eigenvalue weighted by atomic mass is 19.1.